The maximum Gasteiger partial charge on any atom is 0.334 e. The maximum absolute atomic E-state index is 11.6. The molecule has 2 fully saturated rings. The highest BCUT2D eigenvalue weighted by atomic mass is 35.5. The number of hydrogen-bond acceptors (Lipinski definition) is 4. The number of amides is 4. The van der Waals surface area contributed by atoms with E-state index in [0.717, 1.165) is 35.7 Å². The summed E-state index contributed by atoms with van der Waals surface area (Å²) >= 11 is 0. The molecule has 2 saturated heterocycles. The Bertz CT molecular complexity index is 328. The summed E-state index contributed by atoms with van der Waals surface area (Å²) in [4.78, 5) is 36.4. The highest BCUT2D eigenvalue weighted by Gasteiger charge is 2.45. The number of piperidine rings is 1. The summed E-state index contributed by atoms with van der Waals surface area (Å²) in [5.74, 6) is -1.41. The topological polar surface area (TPSA) is 69.7 Å². The Balaban J connectivity index is 0.00000128. The average molecular weight is 248 g/mol. The molecule has 0 aliphatic carbocycles. The fraction of sp³-hybridized carbons (Fsp3) is 0.667. The predicted octanol–water partition coefficient (Wildman–Crippen LogP) is -0.419. The van der Waals surface area contributed by atoms with Crippen molar-refractivity contribution in [3.8, 4) is 0 Å². The molecule has 0 unspecified atom stereocenters. The molecule has 0 aromatic carbocycles. The Hall–Kier alpha value is -1.14. The molecular formula is C9H14ClN3O3. The van der Waals surface area contributed by atoms with Crippen molar-refractivity contribution in [1.29, 1.82) is 0 Å². The summed E-state index contributed by atoms with van der Waals surface area (Å²) in [5.41, 5.74) is 0. The van der Waals surface area contributed by atoms with Gasteiger partial charge in [0.15, 0.2) is 0 Å². The van der Waals surface area contributed by atoms with Crippen molar-refractivity contribution >= 4 is 30.3 Å². The molecule has 2 rings (SSSR count). The van der Waals surface area contributed by atoms with Crippen molar-refractivity contribution in [2.24, 2.45) is 0 Å². The van der Waals surface area contributed by atoms with Crippen LogP contribution in [-0.2, 0) is 9.59 Å². The van der Waals surface area contributed by atoms with Gasteiger partial charge in [-0.15, -0.1) is 12.4 Å². The Kier molecular flexibility index (Phi) is 3.88. The molecule has 0 spiro atoms. The summed E-state index contributed by atoms with van der Waals surface area (Å²) in [5, 5.41) is 3.14. The van der Waals surface area contributed by atoms with Crippen LogP contribution in [0.4, 0.5) is 4.79 Å². The number of urea groups is 1. The fourth-order valence-electron chi connectivity index (χ4n) is 1.97. The number of halogens is 1. The minimum atomic E-state index is -0.724. The SMILES string of the molecule is CN1C(=O)C(=O)N(C2CCNCC2)C1=O.Cl. The minimum absolute atomic E-state index is 0. The van der Waals surface area contributed by atoms with Crippen LogP contribution in [0.2, 0.25) is 0 Å². The summed E-state index contributed by atoms with van der Waals surface area (Å²) in [6, 6.07) is -0.614. The van der Waals surface area contributed by atoms with E-state index < -0.39 is 17.8 Å². The van der Waals surface area contributed by atoms with E-state index in [0.29, 0.717) is 0 Å². The molecule has 0 bridgehead atoms. The molecule has 1 N–H and O–H groups in total. The van der Waals surface area contributed by atoms with Gasteiger partial charge in [0, 0.05) is 13.1 Å². The van der Waals surface area contributed by atoms with Gasteiger partial charge in [-0.1, -0.05) is 0 Å². The van der Waals surface area contributed by atoms with Gasteiger partial charge >= 0.3 is 17.8 Å². The number of imide groups is 2. The van der Waals surface area contributed by atoms with E-state index in [-0.39, 0.29) is 18.4 Å². The zero-order valence-corrected chi connectivity index (χ0v) is 9.75. The fourth-order valence-corrected chi connectivity index (χ4v) is 1.97. The largest absolute Gasteiger partial charge is 0.334 e. The third kappa shape index (κ3) is 1.90. The Morgan fingerprint density at radius 3 is 2.12 bits per heavy atom. The lowest BCUT2D eigenvalue weighted by Crippen LogP contribution is -2.46. The predicted molar refractivity (Wildman–Crippen MR) is 58.2 cm³/mol. The number of carbonyl (C=O) groups excluding carboxylic acids is 3. The molecule has 90 valence electrons. The second-order valence-corrected chi connectivity index (χ2v) is 3.80. The van der Waals surface area contributed by atoms with Crippen molar-refractivity contribution in [2.45, 2.75) is 18.9 Å². The van der Waals surface area contributed by atoms with Gasteiger partial charge < -0.3 is 5.32 Å². The van der Waals surface area contributed by atoms with Gasteiger partial charge in [-0.2, -0.15) is 0 Å². The van der Waals surface area contributed by atoms with Crippen LogP contribution in [0.1, 0.15) is 12.8 Å². The molecule has 0 aromatic rings. The standard InChI is InChI=1S/C9H13N3O3.ClH/c1-11-7(13)8(14)12(9(11)15)6-2-4-10-5-3-6;/h6,10H,2-5H2,1H3;1H. The highest BCUT2D eigenvalue weighted by Crippen LogP contribution is 2.19. The van der Waals surface area contributed by atoms with E-state index in [9.17, 15) is 14.4 Å². The third-order valence-corrected chi connectivity index (χ3v) is 2.87. The zero-order chi connectivity index (χ0) is 11.0. The Morgan fingerprint density at radius 1 is 1.12 bits per heavy atom. The molecule has 2 aliphatic rings. The molecular weight excluding hydrogens is 234 g/mol. The number of likely N-dealkylation sites (N-methyl/N-ethyl adjacent to an activating group) is 1. The second-order valence-electron chi connectivity index (χ2n) is 3.80. The van der Waals surface area contributed by atoms with Gasteiger partial charge in [0.25, 0.3) is 0 Å². The van der Waals surface area contributed by atoms with Crippen molar-refractivity contribution in [2.75, 3.05) is 20.1 Å². The van der Waals surface area contributed by atoms with Crippen LogP contribution in [-0.4, -0.2) is 53.8 Å². The summed E-state index contributed by atoms with van der Waals surface area (Å²) < 4.78 is 0. The molecule has 6 nitrogen and oxygen atoms in total. The third-order valence-electron chi connectivity index (χ3n) is 2.87. The summed E-state index contributed by atoms with van der Waals surface area (Å²) in [6.45, 7) is 1.55. The average Bonchev–Trinajstić information content (AvgIpc) is 2.45. The van der Waals surface area contributed by atoms with Crippen LogP contribution in [0.5, 0.6) is 0 Å². The van der Waals surface area contributed by atoms with E-state index in [1.807, 2.05) is 0 Å². The molecule has 0 aromatic heterocycles. The molecule has 16 heavy (non-hydrogen) atoms. The first-order valence-corrected chi connectivity index (χ1v) is 4.99. The van der Waals surface area contributed by atoms with Crippen LogP contribution < -0.4 is 5.32 Å². The number of carbonyl (C=O) groups is 3. The smallest absolute Gasteiger partial charge is 0.317 e. The van der Waals surface area contributed by atoms with Crippen molar-refractivity contribution in [3.05, 3.63) is 0 Å². The molecule has 0 radical (unpaired) electrons. The maximum atomic E-state index is 11.6. The highest BCUT2D eigenvalue weighted by molar-refractivity contribution is 6.44. The second kappa shape index (κ2) is 4.80. The van der Waals surface area contributed by atoms with Gasteiger partial charge in [0.2, 0.25) is 0 Å². The lowest BCUT2D eigenvalue weighted by atomic mass is 10.1. The van der Waals surface area contributed by atoms with Gasteiger partial charge in [-0.05, 0) is 25.9 Å². The number of nitrogens with one attached hydrogen (secondary N) is 1. The first kappa shape index (κ1) is 12.9. The van der Waals surface area contributed by atoms with Crippen LogP contribution in [0.15, 0.2) is 0 Å². The van der Waals surface area contributed by atoms with Gasteiger partial charge in [0.1, 0.15) is 0 Å². The summed E-state index contributed by atoms with van der Waals surface area (Å²) in [7, 11) is 1.34. The van der Waals surface area contributed by atoms with E-state index in [1.165, 1.54) is 7.05 Å². The number of rotatable bonds is 1. The van der Waals surface area contributed by atoms with Gasteiger partial charge in [0.05, 0.1) is 0 Å². The monoisotopic (exact) mass is 247 g/mol. The molecule has 0 atom stereocenters. The lowest BCUT2D eigenvalue weighted by Gasteiger charge is -2.28. The van der Waals surface area contributed by atoms with E-state index in [2.05, 4.69) is 5.32 Å². The quantitative estimate of drug-likeness (QED) is 0.505. The lowest BCUT2D eigenvalue weighted by molar-refractivity contribution is -0.143. The first-order valence-electron chi connectivity index (χ1n) is 4.99. The van der Waals surface area contributed by atoms with E-state index in [1.54, 1.807) is 0 Å². The minimum Gasteiger partial charge on any atom is -0.317 e. The van der Waals surface area contributed by atoms with Crippen LogP contribution in [0, 0.1) is 0 Å². The molecule has 2 aliphatic heterocycles. The molecule has 2 heterocycles. The van der Waals surface area contributed by atoms with E-state index in [4.69, 9.17) is 0 Å². The zero-order valence-electron chi connectivity index (χ0n) is 8.93. The molecule has 4 amide bonds. The number of nitrogens with zero attached hydrogens (tertiary/aromatic N) is 2. The van der Waals surface area contributed by atoms with Gasteiger partial charge in [-0.25, -0.2) is 4.79 Å². The van der Waals surface area contributed by atoms with Crippen LogP contribution >= 0.6 is 12.4 Å². The van der Waals surface area contributed by atoms with E-state index >= 15 is 0 Å². The van der Waals surface area contributed by atoms with Crippen molar-refractivity contribution in [1.82, 2.24) is 15.1 Å². The van der Waals surface area contributed by atoms with Crippen molar-refractivity contribution < 1.29 is 14.4 Å². The van der Waals surface area contributed by atoms with Crippen molar-refractivity contribution in [3.63, 3.8) is 0 Å². The van der Waals surface area contributed by atoms with Gasteiger partial charge in [-0.3, -0.25) is 19.4 Å². The Morgan fingerprint density at radius 2 is 1.69 bits per heavy atom. The molecule has 7 heteroatoms. The summed E-state index contributed by atoms with van der Waals surface area (Å²) in [6.07, 6.45) is 1.44. The number of hydrogen-bond donors (Lipinski definition) is 1. The first-order chi connectivity index (χ1) is 7.13. The normalized spacial score (nSPS) is 22.7. The van der Waals surface area contributed by atoms with Crippen LogP contribution in [0.25, 0.3) is 0 Å². The van der Waals surface area contributed by atoms with Crippen LogP contribution in [0.3, 0.4) is 0 Å². The Labute approximate surface area is 99.4 Å². The molecule has 0 saturated carbocycles.